The van der Waals surface area contributed by atoms with Crippen molar-refractivity contribution in [3.63, 3.8) is 0 Å². The molecule has 2 aromatic heterocycles. The number of halogens is 1. The highest BCUT2D eigenvalue weighted by Gasteiger charge is 2.17. The van der Waals surface area contributed by atoms with E-state index in [2.05, 4.69) is 4.98 Å². The average Bonchev–Trinajstić information content (AvgIpc) is 2.94. The second-order valence-electron chi connectivity index (χ2n) is 5.27. The summed E-state index contributed by atoms with van der Waals surface area (Å²) in [6, 6.07) is 13.3. The summed E-state index contributed by atoms with van der Waals surface area (Å²) in [5.41, 5.74) is 3.16. The van der Waals surface area contributed by atoms with E-state index < -0.39 is 0 Å². The summed E-state index contributed by atoms with van der Waals surface area (Å²) in [5, 5.41) is 0.660. The quantitative estimate of drug-likeness (QED) is 0.741. The van der Waals surface area contributed by atoms with Crippen molar-refractivity contribution in [2.75, 3.05) is 7.05 Å². The van der Waals surface area contributed by atoms with E-state index in [1.165, 1.54) is 0 Å². The van der Waals surface area contributed by atoms with Gasteiger partial charge in [-0.2, -0.15) is 0 Å². The molecule has 0 bridgehead atoms. The number of amides is 1. The molecule has 0 aliphatic heterocycles. The summed E-state index contributed by atoms with van der Waals surface area (Å²) in [5.74, 6) is -0.122. The lowest BCUT2D eigenvalue weighted by molar-refractivity contribution is 0.0780. The molecule has 4 nitrogen and oxygen atoms in total. The fourth-order valence-corrected chi connectivity index (χ4v) is 2.60. The van der Waals surface area contributed by atoms with Crippen LogP contribution in [0.15, 0.2) is 48.7 Å². The largest absolute Gasteiger partial charge is 0.336 e. The van der Waals surface area contributed by atoms with Crippen LogP contribution in [0.4, 0.5) is 0 Å². The first-order valence-corrected chi connectivity index (χ1v) is 7.37. The second-order valence-corrected chi connectivity index (χ2v) is 5.68. The topological polar surface area (TPSA) is 37.6 Å². The van der Waals surface area contributed by atoms with Gasteiger partial charge in [-0.05, 0) is 30.7 Å². The van der Waals surface area contributed by atoms with Crippen LogP contribution in [0, 0.1) is 6.92 Å². The molecule has 0 spiro atoms. The van der Waals surface area contributed by atoms with Crippen molar-refractivity contribution in [1.29, 1.82) is 0 Å². The monoisotopic (exact) mass is 313 g/mol. The minimum Gasteiger partial charge on any atom is -0.336 e. The molecule has 3 rings (SSSR count). The lowest BCUT2D eigenvalue weighted by atomic mass is 10.2. The van der Waals surface area contributed by atoms with Gasteiger partial charge < -0.3 is 9.30 Å². The maximum absolute atomic E-state index is 12.5. The summed E-state index contributed by atoms with van der Waals surface area (Å²) < 4.78 is 1.91. The Balaban J connectivity index is 1.86. The average molecular weight is 314 g/mol. The first-order valence-electron chi connectivity index (χ1n) is 7.00. The maximum Gasteiger partial charge on any atom is 0.274 e. The molecule has 3 aromatic rings. The molecular weight excluding hydrogens is 298 g/mol. The Morgan fingerprint density at radius 2 is 2.00 bits per heavy atom. The molecule has 0 fully saturated rings. The number of aromatic nitrogens is 2. The zero-order valence-corrected chi connectivity index (χ0v) is 13.2. The molecule has 1 amide bonds. The molecule has 112 valence electrons. The number of benzene rings is 1. The van der Waals surface area contributed by atoms with Crippen LogP contribution in [0.25, 0.3) is 5.65 Å². The normalized spacial score (nSPS) is 10.9. The van der Waals surface area contributed by atoms with E-state index in [4.69, 9.17) is 11.6 Å². The van der Waals surface area contributed by atoms with E-state index in [-0.39, 0.29) is 5.91 Å². The predicted octanol–water partition coefficient (Wildman–Crippen LogP) is 3.57. The van der Waals surface area contributed by atoms with Crippen molar-refractivity contribution < 1.29 is 4.79 Å². The van der Waals surface area contributed by atoms with Crippen LogP contribution >= 0.6 is 11.6 Å². The molecular formula is C17H16ClN3O. The zero-order chi connectivity index (χ0) is 15.7. The fourth-order valence-electron chi connectivity index (χ4n) is 2.40. The third kappa shape index (κ3) is 2.70. The maximum atomic E-state index is 12.5. The smallest absolute Gasteiger partial charge is 0.274 e. The van der Waals surface area contributed by atoms with E-state index in [9.17, 15) is 4.79 Å². The lowest BCUT2D eigenvalue weighted by Crippen LogP contribution is -2.26. The van der Waals surface area contributed by atoms with Crippen LogP contribution in [-0.4, -0.2) is 27.2 Å². The number of nitrogens with zero attached hydrogens (tertiary/aromatic N) is 3. The van der Waals surface area contributed by atoms with Gasteiger partial charge in [-0.15, -0.1) is 0 Å². The van der Waals surface area contributed by atoms with Crippen LogP contribution in [0.1, 0.15) is 21.7 Å². The van der Waals surface area contributed by atoms with Crippen molar-refractivity contribution in [1.82, 2.24) is 14.3 Å². The van der Waals surface area contributed by atoms with Crippen molar-refractivity contribution in [3.8, 4) is 0 Å². The SMILES string of the molecule is Cc1cccc2nc(C(=O)N(C)Cc3ccccc3Cl)cn12. The number of hydrogen-bond acceptors (Lipinski definition) is 2. The minimum absolute atomic E-state index is 0.122. The third-order valence-corrected chi connectivity index (χ3v) is 4.00. The Morgan fingerprint density at radius 1 is 1.23 bits per heavy atom. The third-order valence-electron chi connectivity index (χ3n) is 3.63. The molecule has 0 saturated carbocycles. The molecule has 2 heterocycles. The number of hydrogen-bond donors (Lipinski definition) is 0. The van der Waals surface area contributed by atoms with Gasteiger partial charge >= 0.3 is 0 Å². The van der Waals surface area contributed by atoms with Crippen molar-refractivity contribution >= 4 is 23.2 Å². The molecule has 0 saturated heterocycles. The van der Waals surface area contributed by atoms with Crippen molar-refractivity contribution in [2.24, 2.45) is 0 Å². The Kier molecular flexibility index (Phi) is 3.86. The van der Waals surface area contributed by atoms with E-state index in [0.29, 0.717) is 17.3 Å². The Morgan fingerprint density at radius 3 is 2.73 bits per heavy atom. The van der Waals surface area contributed by atoms with Crippen LogP contribution < -0.4 is 0 Å². The first-order chi connectivity index (χ1) is 10.6. The van der Waals surface area contributed by atoms with Gasteiger partial charge in [-0.1, -0.05) is 35.9 Å². The highest BCUT2D eigenvalue weighted by molar-refractivity contribution is 6.31. The molecule has 0 unspecified atom stereocenters. The van der Waals surface area contributed by atoms with Crippen molar-refractivity contribution in [2.45, 2.75) is 13.5 Å². The number of imidazole rings is 1. The van der Waals surface area contributed by atoms with Gasteiger partial charge in [0.2, 0.25) is 0 Å². The van der Waals surface area contributed by atoms with Gasteiger partial charge in [-0.3, -0.25) is 4.79 Å². The van der Waals surface area contributed by atoms with Crippen LogP contribution in [0.5, 0.6) is 0 Å². The van der Waals surface area contributed by atoms with Gasteiger partial charge in [0.1, 0.15) is 11.3 Å². The fraction of sp³-hybridized carbons (Fsp3) is 0.176. The molecule has 0 N–H and O–H groups in total. The van der Waals surface area contributed by atoms with Crippen molar-refractivity contribution in [3.05, 3.63) is 70.6 Å². The molecule has 0 radical (unpaired) electrons. The Bertz CT molecular complexity index is 841. The standard InChI is InChI=1S/C17H16ClN3O/c1-12-6-5-9-16-19-15(11-21(12)16)17(22)20(2)10-13-7-3-4-8-14(13)18/h3-9,11H,10H2,1-2H3. The molecule has 0 atom stereocenters. The molecule has 0 aliphatic rings. The zero-order valence-electron chi connectivity index (χ0n) is 12.5. The number of carbonyl (C=O) groups is 1. The number of fused-ring (bicyclic) bond motifs is 1. The summed E-state index contributed by atoms with van der Waals surface area (Å²) in [6.07, 6.45) is 1.77. The van der Waals surface area contributed by atoms with E-state index in [1.54, 1.807) is 18.1 Å². The molecule has 1 aromatic carbocycles. The van der Waals surface area contributed by atoms with Crippen LogP contribution in [0.2, 0.25) is 5.02 Å². The molecule has 22 heavy (non-hydrogen) atoms. The van der Waals surface area contributed by atoms with E-state index >= 15 is 0 Å². The summed E-state index contributed by atoms with van der Waals surface area (Å²) in [4.78, 5) is 18.6. The highest BCUT2D eigenvalue weighted by Crippen LogP contribution is 2.17. The van der Waals surface area contributed by atoms with Gasteiger partial charge in [0, 0.05) is 30.5 Å². The number of aryl methyl sites for hydroxylation is 1. The Labute approximate surface area is 134 Å². The number of carbonyl (C=O) groups excluding carboxylic acids is 1. The lowest BCUT2D eigenvalue weighted by Gasteiger charge is -2.16. The van der Waals surface area contributed by atoms with Gasteiger partial charge in [0.25, 0.3) is 5.91 Å². The summed E-state index contributed by atoms with van der Waals surface area (Å²) >= 11 is 6.15. The molecule has 5 heteroatoms. The summed E-state index contributed by atoms with van der Waals surface area (Å²) in [7, 11) is 1.75. The highest BCUT2D eigenvalue weighted by atomic mass is 35.5. The van der Waals surface area contributed by atoms with Crippen LogP contribution in [-0.2, 0) is 6.54 Å². The number of pyridine rings is 1. The van der Waals surface area contributed by atoms with Gasteiger partial charge in [0.05, 0.1) is 0 Å². The first kappa shape index (κ1) is 14.6. The molecule has 0 aliphatic carbocycles. The predicted molar refractivity (Wildman–Crippen MR) is 87.2 cm³/mol. The van der Waals surface area contributed by atoms with Crippen LogP contribution in [0.3, 0.4) is 0 Å². The number of rotatable bonds is 3. The van der Waals surface area contributed by atoms with E-state index in [1.807, 2.05) is 53.8 Å². The van der Waals surface area contributed by atoms with E-state index in [0.717, 1.165) is 16.9 Å². The van der Waals surface area contributed by atoms with Gasteiger partial charge in [-0.25, -0.2) is 4.98 Å². The minimum atomic E-state index is -0.122. The second kappa shape index (κ2) is 5.81. The van der Waals surface area contributed by atoms with Gasteiger partial charge in [0.15, 0.2) is 0 Å². The Hall–Kier alpha value is -2.33. The summed E-state index contributed by atoms with van der Waals surface area (Å²) in [6.45, 7) is 2.43.